The first-order valence-electron chi connectivity index (χ1n) is 11.0. The molecule has 31 heavy (non-hydrogen) atoms. The van der Waals surface area contributed by atoms with Crippen molar-refractivity contribution < 1.29 is 4.79 Å². The van der Waals surface area contributed by atoms with E-state index in [4.69, 9.17) is 4.98 Å². The summed E-state index contributed by atoms with van der Waals surface area (Å²) in [7, 11) is 0. The van der Waals surface area contributed by atoms with Crippen LogP contribution in [0, 0.1) is 19.8 Å². The van der Waals surface area contributed by atoms with Crippen molar-refractivity contribution in [1.29, 1.82) is 0 Å². The molecule has 8 nitrogen and oxygen atoms in total. The molecule has 2 aliphatic heterocycles. The lowest BCUT2D eigenvalue weighted by Crippen LogP contribution is -2.42. The Morgan fingerprint density at radius 2 is 2.06 bits per heavy atom. The summed E-state index contributed by atoms with van der Waals surface area (Å²) in [5.41, 5.74) is 4.34. The summed E-state index contributed by atoms with van der Waals surface area (Å²) in [6.07, 6.45) is 4.78. The maximum absolute atomic E-state index is 13.4. The highest BCUT2D eigenvalue weighted by molar-refractivity contribution is 5.95. The van der Waals surface area contributed by atoms with Gasteiger partial charge in [-0.3, -0.25) is 19.0 Å². The Labute approximate surface area is 180 Å². The van der Waals surface area contributed by atoms with Gasteiger partial charge in [0.1, 0.15) is 11.3 Å². The van der Waals surface area contributed by atoms with Gasteiger partial charge in [0.25, 0.3) is 11.5 Å². The number of imidazole rings is 1. The number of rotatable bonds is 2. The molecule has 1 unspecified atom stereocenters. The number of hydrogen-bond donors (Lipinski definition) is 1. The van der Waals surface area contributed by atoms with Crippen molar-refractivity contribution >= 4 is 17.5 Å². The number of fused-ring (bicyclic) bond motifs is 2. The Hall–Kier alpha value is -3.16. The van der Waals surface area contributed by atoms with Crippen LogP contribution in [0.1, 0.15) is 52.8 Å². The van der Waals surface area contributed by atoms with Crippen molar-refractivity contribution in [3.63, 3.8) is 0 Å². The van der Waals surface area contributed by atoms with Gasteiger partial charge in [-0.25, -0.2) is 9.97 Å². The average molecular weight is 421 g/mol. The predicted octanol–water partition coefficient (Wildman–Crippen LogP) is 2.47. The van der Waals surface area contributed by atoms with Gasteiger partial charge < -0.3 is 9.80 Å². The minimum absolute atomic E-state index is 0.102. The molecule has 0 aromatic carbocycles. The molecule has 1 amide bonds. The summed E-state index contributed by atoms with van der Waals surface area (Å²) in [5, 5.41) is 0. The van der Waals surface area contributed by atoms with Crippen LogP contribution in [0.5, 0.6) is 0 Å². The SMILES string of the molecule is Cc1nc2c(C)cccn2c1C(=O)N1CCc2nc(N3CCCC(C)C3)[nH]c(=O)c2C1. The second kappa shape index (κ2) is 7.51. The molecule has 0 saturated carbocycles. The second-order valence-corrected chi connectivity index (χ2v) is 8.92. The van der Waals surface area contributed by atoms with Crippen molar-refractivity contribution in [2.24, 2.45) is 5.92 Å². The van der Waals surface area contributed by atoms with Gasteiger partial charge >= 0.3 is 0 Å². The molecular formula is C23H28N6O2. The van der Waals surface area contributed by atoms with Crippen LogP contribution in [0.4, 0.5) is 5.95 Å². The number of carbonyl (C=O) groups is 1. The molecule has 5 rings (SSSR count). The van der Waals surface area contributed by atoms with E-state index in [0.29, 0.717) is 41.8 Å². The molecule has 0 bridgehead atoms. The van der Waals surface area contributed by atoms with E-state index < -0.39 is 0 Å². The Morgan fingerprint density at radius 3 is 2.87 bits per heavy atom. The van der Waals surface area contributed by atoms with Crippen LogP contribution >= 0.6 is 0 Å². The first kappa shape index (κ1) is 19.8. The van der Waals surface area contributed by atoms with Gasteiger partial charge in [0.15, 0.2) is 0 Å². The first-order valence-corrected chi connectivity index (χ1v) is 11.0. The van der Waals surface area contributed by atoms with E-state index in [2.05, 4.69) is 21.8 Å². The fourth-order valence-electron chi connectivity index (χ4n) is 4.84. The van der Waals surface area contributed by atoms with Crippen LogP contribution in [0.15, 0.2) is 23.1 Å². The van der Waals surface area contributed by atoms with Gasteiger partial charge in [-0.1, -0.05) is 13.0 Å². The topological polar surface area (TPSA) is 86.6 Å². The molecule has 2 aliphatic rings. The maximum atomic E-state index is 13.4. The standard InChI is InChI=1S/C23H28N6O2/c1-14-6-4-9-28(12-14)23-25-18-8-11-27(13-17(18)21(30)26-23)22(31)19-16(3)24-20-15(2)7-5-10-29(19)20/h5,7,10,14H,4,6,8-9,11-13H2,1-3H3,(H,25,26,30). The first-order chi connectivity index (χ1) is 14.9. The van der Waals surface area contributed by atoms with Gasteiger partial charge in [-0.2, -0.15) is 0 Å². The van der Waals surface area contributed by atoms with Crippen LogP contribution < -0.4 is 10.5 Å². The number of pyridine rings is 1. The molecule has 1 fully saturated rings. The molecule has 3 aromatic heterocycles. The molecule has 5 heterocycles. The minimum atomic E-state index is -0.138. The smallest absolute Gasteiger partial charge is 0.273 e. The number of anilines is 1. The Bertz CT molecular complexity index is 1230. The van der Waals surface area contributed by atoms with Crippen LogP contribution in [0.3, 0.4) is 0 Å². The van der Waals surface area contributed by atoms with Gasteiger partial charge in [-0.05, 0) is 44.2 Å². The number of aryl methyl sites for hydroxylation is 2. The lowest BCUT2D eigenvalue weighted by molar-refractivity contribution is 0.0724. The fourth-order valence-corrected chi connectivity index (χ4v) is 4.84. The Balaban J connectivity index is 1.44. The van der Waals surface area contributed by atoms with Crippen molar-refractivity contribution in [3.05, 3.63) is 56.9 Å². The van der Waals surface area contributed by atoms with Gasteiger partial charge in [-0.15, -0.1) is 0 Å². The highest BCUT2D eigenvalue weighted by Crippen LogP contribution is 2.23. The lowest BCUT2D eigenvalue weighted by Gasteiger charge is -2.33. The third-order valence-corrected chi connectivity index (χ3v) is 6.52. The number of H-pyrrole nitrogens is 1. The number of aromatic nitrogens is 4. The second-order valence-electron chi connectivity index (χ2n) is 8.92. The zero-order chi connectivity index (χ0) is 21.7. The largest absolute Gasteiger partial charge is 0.342 e. The number of carbonyl (C=O) groups excluding carboxylic acids is 1. The average Bonchev–Trinajstić information content (AvgIpc) is 3.10. The van der Waals surface area contributed by atoms with Gasteiger partial charge in [0, 0.05) is 32.3 Å². The molecule has 1 atom stereocenters. The molecule has 0 spiro atoms. The minimum Gasteiger partial charge on any atom is -0.342 e. The van der Waals surface area contributed by atoms with E-state index in [-0.39, 0.29) is 18.0 Å². The van der Waals surface area contributed by atoms with Crippen molar-refractivity contribution in [3.8, 4) is 0 Å². The van der Waals surface area contributed by atoms with E-state index in [1.54, 1.807) is 4.90 Å². The van der Waals surface area contributed by atoms with Gasteiger partial charge in [0.2, 0.25) is 5.95 Å². The summed E-state index contributed by atoms with van der Waals surface area (Å²) in [5.74, 6) is 1.17. The summed E-state index contributed by atoms with van der Waals surface area (Å²) in [6.45, 7) is 8.72. The number of piperidine rings is 1. The molecule has 3 aromatic rings. The van der Waals surface area contributed by atoms with Crippen LogP contribution in [0.2, 0.25) is 0 Å². The zero-order valence-corrected chi connectivity index (χ0v) is 18.3. The number of amides is 1. The molecule has 0 aliphatic carbocycles. The predicted molar refractivity (Wildman–Crippen MR) is 119 cm³/mol. The van der Waals surface area contributed by atoms with E-state index in [1.165, 1.54) is 6.42 Å². The molecular weight excluding hydrogens is 392 g/mol. The number of hydrogen-bond acceptors (Lipinski definition) is 5. The summed E-state index contributed by atoms with van der Waals surface area (Å²) < 4.78 is 1.85. The number of nitrogens with zero attached hydrogens (tertiary/aromatic N) is 5. The summed E-state index contributed by atoms with van der Waals surface area (Å²) >= 11 is 0. The molecule has 1 N–H and O–H groups in total. The van der Waals surface area contributed by atoms with Gasteiger partial charge in [0.05, 0.1) is 23.5 Å². The highest BCUT2D eigenvalue weighted by atomic mass is 16.2. The van der Waals surface area contributed by atoms with Crippen LogP contribution in [-0.4, -0.2) is 49.8 Å². The number of aromatic amines is 1. The van der Waals surface area contributed by atoms with E-state index in [9.17, 15) is 9.59 Å². The van der Waals surface area contributed by atoms with Crippen molar-refractivity contribution in [2.45, 2.75) is 46.6 Å². The van der Waals surface area contributed by atoms with E-state index in [0.717, 1.165) is 36.4 Å². The van der Waals surface area contributed by atoms with Crippen LogP contribution in [-0.2, 0) is 13.0 Å². The quantitative estimate of drug-likeness (QED) is 0.688. The maximum Gasteiger partial charge on any atom is 0.273 e. The lowest BCUT2D eigenvalue weighted by atomic mass is 10.0. The fraction of sp³-hybridized carbons (Fsp3) is 0.478. The van der Waals surface area contributed by atoms with E-state index in [1.807, 2.05) is 36.6 Å². The van der Waals surface area contributed by atoms with Crippen molar-refractivity contribution in [2.75, 3.05) is 24.5 Å². The van der Waals surface area contributed by atoms with Crippen molar-refractivity contribution in [1.82, 2.24) is 24.3 Å². The normalized spacial score (nSPS) is 19.0. The van der Waals surface area contributed by atoms with Crippen LogP contribution in [0.25, 0.3) is 5.65 Å². The van der Waals surface area contributed by atoms with E-state index >= 15 is 0 Å². The molecule has 0 radical (unpaired) electrons. The third kappa shape index (κ3) is 3.40. The Morgan fingerprint density at radius 1 is 1.23 bits per heavy atom. The molecule has 1 saturated heterocycles. The highest BCUT2D eigenvalue weighted by Gasteiger charge is 2.29. The zero-order valence-electron chi connectivity index (χ0n) is 18.3. The summed E-state index contributed by atoms with van der Waals surface area (Å²) in [4.78, 5) is 42.6. The molecule has 8 heteroatoms. The molecule has 162 valence electrons. The number of nitrogens with one attached hydrogen (secondary N) is 1. The Kier molecular flexibility index (Phi) is 4.79. The third-order valence-electron chi connectivity index (χ3n) is 6.52. The monoisotopic (exact) mass is 420 g/mol. The summed E-state index contributed by atoms with van der Waals surface area (Å²) in [6, 6.07) is 3.91.